The molecule has 1 aliphatic rings. The Hall–Kier alpha value is -2.92. The third kappa shape index (κ3) is 5.05. The SMILES string of the molecule is Cc1ccncc1CN(c1ccc2ccccc2c1)C1CCN(C(C)CC(N)=O)CC1. The maximum Gasteiger partial charge on any atom is 0.218 e. The van der Waals surface area contributed by atoms with E-state index in [4.69, 9.17) is 5.73 Å². The van der Waals surface area contributed by atoms with Crippen molar-refractivity contribution in [1.82, 2.24) is 9.88 Å². The average molecular weight is 417 g/mol. The van der Waals surface area contributed by atoms with Crippen LogP contribution < -0.4 is 10.6 Å². The van der Waals surface area contributed by atoms with E-state index in [9.17, 15) is 4.79 Å². The second-order valence-electron chi connectivity index (χ2n) is 8.75. The average Bonchev–Trinajstić information content (AvgIpc) is 2.78. The van der Waals surface area contributed by atoms with Crippen molar-refractivity contribution in [3.63, 3.8) is 0 Å². The zero-order chi connectivity index (χ0) is 21.8. The smallest absolute Gasteiger partial charge is 0.218 e. The summed E-state index contributed by atoms with van der Waals surface area (Å²) in [6, 6.07) is 18.0. The van der Waals surface area contributed by atoms with Gasteiger partial charge in [-0.25, -0.2) is 0 Å². The van der Waals surface area contributed by atoms with Crippen molar-refractivity contribution in [1.29, 1.82) is 0 Å². The first-order valence-corrected chi connectivity index (χ1v) is 11.2. The highest BCUT2D eigenvalue weighted by Crippen LogP contribution is 2.30. The summed E-state index contributed by atoms with van der Waals surface area (Å²) in [4.78, 5) is 20.7. The van der Waals surface area contributed by atoms with Crippen LogP contribution in [0.4, 0.5) is 5.69 Å². The minimum absolute atomic E-state index is 0.202. The third-order valence-electron chi connectivity index (χ3n) is 6.61. The van der Waals surface area contributed by atoms with Crippen molar-refractivity contribution >= 4 is 22.4 Å². The highest BCUT2D eigenvalue weighted by atomic mass is 16.1. The number of nitrogens with zero attached hydrogens (tertiary/aromatic N) is 3. The Morgan fingerprint density at radius 3 is 2.61 bits per heavy atom. The lowest BCUT2D eigenvalue weighted by molar-refractivity contribution is -0.119. The number of pyridine rings is 1. The molecule has 2 N–H and O–H groups in total. The fourth-order valence-electron chi connectivity index (χ4n) is 4.69. The topological polar surface area (TPSA) is 62.5 Å². The van der Waals surface area contributed by atoms with Gasteiger partial charge in [0.05, 0.1) is 0 Å². The number of anilines is 1. The first-order valence-electron chi connectivity index (χ1n) is 11.2. The molecule has 5 heteroatoms. The molecule has 1 aromatic heterocycles. The highest BCUT2D eigenvalue weighted by Gasteiger charge is 2.28. The monoisotopic (exact) mass is 416 g/mol. The van der Waals surface area contributed by atoms with Crippen molar-refractivity contribution < 1.29 is 4.79 Å². The number of hydrogen-bond donors (Lipinski definition) is 1. The normalized spacial score (nSPS) is 16.3. The molecule has 2 aromatic carbocycles. The number of likely N-dealkylation sites (tertiary alicyclic amines) is 1. The molecule has 0 saturated carbocycles. The molecule has 5 nitrogen and oxygen atoms in total. The predicted octanol–water partition coefficient (Wildman–Crippen LogP) is 4.28. The van der Waals surface area contributed by atoms with Gasteiger partial charge in [-0.15, -0.1) is 0 Å². The van der Waals surface area contributed by atoms with Crippen molar-refractivity contribution in [2.75, 3.05) is 18.0 Å². The highest BCUT2D eigenvalue weighted by molar-refractivity contribution is 5.86. The molecule has 1 fully saturated rings. The summed E-state index contributed by atoms with van der Waals surface area (Å²) >= 11 is 0. The minimum atomic E-state index is -0.223. The molecule has 1 amide bonds. The van der Waals surface area contributed by atoms with E-state index in [0.29, 0.717) is 12.5 Å². The van der Waals surface area contributed by atoms with Crippen LogP contribution in [0.1, 0.15) is 37.3 Å². The van der Waals surface area contributed by atoms with Crippen LogP contribution in [0, 0.1) is 6.92 Å². The van der Waals surface area contributed by atoms with Gasteiger partial charge in [-0.1, -0.05) is 30.3 Å². The number of aryl methyl sites for hydroxylation is 1. The Morgan fingerprint density at radius 1 is 1.16 bits per heavy atom. The van der Waals surface area contributed by atoms with Gasteiger partial charge in [0.2, 0.25) is 5.91 Å². The van der Waals surface area contributed by atoms with Crippen LogP contribution in [0.2, 0.25) is 0 Å². The van der Waals surface area contributed by atoms with E-state index in [1.165, 1.54) is 27.6 Å². The molecule has 4 rings (SSSR count). The number of carbonyl (C=O) groups is 1. The molecular formula is C26H32N4O. The van der Waals surface area contributed by atoms with E-state index in [2.05, 4.69) is 77.2 Å². The van der Waals surface area contributed by atoms with E-state index >= 15 is 0 Å². The molecule has 0 bridgehead atoms. The molecule has 1 atom stereocenters. The van der Waals surface area contributed by atoms with E-state index in [1.807, 2.05) is 12.4 Å². The number of benzene rings is 2. The summed E-state index contributed by atoms with van der Waals surface area (Å²) in [7, 11) is 0. The van der Waals surface area contributed by atoms with Gasteiger partial charge in [0.15, 0.2) is 0 Å². The van der Waals surface area contributed by atoms with Crippen LogP contribution in [0.5, 0.6) is 0 Å². The van der Waals surface area contributed by atoms with E-state index in [1.54, 1.807) is 0 Å². The van der Waals surface area contributed by atoms with Gasteiger partial charge in [-0.3, -0.25) is 14.7 Å². The van der Waals surface area contributed by atoms with Crippen molar-refractivity contribution in [3.05, 3.63) is 72.1 Å². The van der Waals surface area contributed by atoms with Gasteiger partial charge >= 0.3 is 0 Å². The number of primary amides is 1. The molecule has 1 unspecified atom stereocenters. The fraction of sp³-hybridized carbons (Fsp3) is 0.385. The van der Waals surface area contributed by atoms with Crippen LogP contribution in [0.3, 0.4) is 0 Å². The van der Waals surface area contributed by atoms with E-state index in [0.717, 1.165) is 32.5 Å². The van der Waals surface area contributed by atoms with E-state index in [-0.39, 0.29) is 11.9 Å². The van der Waals surface area contributed by atoms with E-state index < -0.39 is 0 Å². The quantitative estimate of drug-likeness (QED) is 0.624. The maximum absolute atomic E-state index is 11.3. The van der Waals surface area contributed by atoms with Crippen LogP contribution in [-0.4, -0.2) is 41.0 Å². The first kappa shape index (κ1) is 21.3. The van der Waals surface area contributed by atoms with Crippen LogP contribution >= 0.6 is 0 Å². The van der Waals surface area contributed by atoms with Crippen LogP contribution in [0.15, 0.2) is 60.9 Å². The van der Waals surface area contributed by atoms with Gasteiger partial charge in [0, 0.05) is 56.2 Å². The molecular weight excluding hydrogens is 384 g/mol. The van der Waals surface area contributed by atoms with Crippen LogP contribution in [-0.2, 0) is 11.3 Å². The van der Waals surface area contributed by atoms with Gasteiger partial charge in [-0.05, 0) is 66.8 Å². The summed E-state index contributed by atoms with van der Waals surface area (Å²) in [5.41, 5.74) is 9.21. The summed E-state index contributed by atoms with van der Waals surface area (Å²) in [6.45, 7) is 7.07. The lowest BCUT2D eigenvalue weighted by Crippen LogP contribution is -2.48. The number of fused-ring (bicyclic) bond motifs is 1. The zero-order valence-electron chi connectivity index (χ0n) is 18.5. The van der Waals surface area contributed by atoms with Crippen molar-refractivity contribution in [2.45, 2.75) is 51.7 Å². The lowest BCUT2D eigenvalue weighted by atomic mass is 9.98. The van der Waals surface area contributed by atoms with Gasteiger partial charge < -0.3 is 10.6 Å². The number of rotatable bonds is 7. The lowest BCUT2D eigenvalue weighted by Gasteiger charge is -2.42. The molecule has 0 spiro atoms. The molecule has 31 heavy (non-hydrogen) atoms. The molecule has 0 aliphatic carbocycles. The van der Waals surface area contributed by atoms with Gasteiger partial charge in [-0.2, -0.15) is 0 Å². The molecule has 0 radical (unpaired) electrons. The molecule has 2 heterocycles. The Balaban J connectivity index is 1.58. The second kappa shape index (κ2) is 9.48. The second-order valence-corrected chi connectivity index (χ2v) is 8.75. The molecule has 1 saturated heterocycles. The Bertz CT molecular complexity index is 1040. The number of aromatic nitrogens is 1. The fourth-order valence-corrected chi connectivity index (χ4v) is 4.69. The number of carbonyl (C=O) groups excluding carboxylic acids is 1. The standard InChI is InChI=1S/C26H32N4O/c1-19-9-12-28-17-23(19)18-30(25-8-7-21-5-3-4-6-22(21)16-25)24-10-13-29(14-11-24)20(2)15-26(27)31/h3-9,12,16-17,20,24H,10-11,13-15,18H2,1-2H3,(H2,27,31). The van der Waals surface area contributed by atoms with Crippen molar-refractivity contribution in [3.8, 4) is 0 Å². The zero-order valence-corrected chi connectivity index (χ0v) is 18.5. The predicted molar refractivity (Wildman–Crippen MR) is 127 cm³/mol. The van der Waals surface area contributed by atoms with Crippen molar-refractivity contribution in [2.24, 2.45) is 5.73 Å². The molecule has 3 aromatic rings. The Morgan fingerprint density at radius 2 is 1.90 bits per heavy atom. The Labute approximate surface area is 184 Å². The summed E-state index contributed by atoms with van der Waals surface area (Å²) in [5, 5.41) is 2.53. The van der Waals surface area contributed by atoms with Gasteiger partial charge in [0.25, 0.3) is 0 Å². The van der Waals surface area contributed by atoms with Gasteiger partial charge in [0.1, 0.15) is 0 Å². The Kier molecular flexibility index (Phi) is 6.52. The number of piperidine rings is 1. The molecule has 162 valence electrons. The summed E-state index contributed by atoms with van der Waals surface area (Å²) in [5.74, 6) is -0.223. The summed E-state index contributed by atoms with van der Waals surface area (Å²) < 4.78 is 0. The molecule has 1 aliphatic heterocycles. The number of hydrogen-bond acceptors (Lipinski definition) is 4. The first-order chi connectivity index (χ1) is 15.0. The number of nitrogens with two attached hydrogens (primary N) is 1. The number of amides is 1. The third-order valence-corrected chi connectivity index (χ3v) is 6.61. The largest absolute Gasteiger partial charge is 0.370 e. The minimum Gasteiger partial charge on any atom is -0.370 e. The van der Waals surface area contributed by atoms with Crippen LogP contribution in [0.25, 0.3) is 10.8 Å². The maximum atomic E-state index is 11.3. The summed E-state index contributed by atoms with van der Waals surface area (Å²) in [6.07, 6.45) is 6.41.